The molecule has 0 radical (unpaired) electrons. The molecule has 18 heavy (non-hydrogen) atoms. The smallest absolute Gasteiger partial charge is 0.123 e. The van der Waals surface area contributed by atoms with Crippen LogP contribution in [-0.2, 0) is 6.42 Å². The summed E-state index contributed by atoms with van der Waals surface area (Å²) in [5.74, 6) is 0.612. The van der Waals surface area contributed by atoms with Crippen LogP contribution in [0, 0.1) is 11.7 Å². The topological polar surface area (TPSA) is 12.0 Å². The summed E-state index contributed by atoms with van der Waals surface area (Å²) in [6.07, 6.45) is 3.30. The zero-order chi connectivity index (χ0) is 13.5. The minimum atomic E-state index is -0.146. The van der Waals surface area contributed by atoms with Gasteiger partial charge in [0.2, 0.25) is 0 Å². The first-order chi connectivity index (χ1) is 8.51. The second kappa shape index (κ2) is 7.52. The second-order valence-corrected chi connectivity index (χ2v) is 5.55. The van der Waals surface area contributed by atoms with Crippen LogP contribution in [0.15, 0.2) is 24.3 Å². The van der Waals surface area contributed by atoms with E-state index in [4.69, 9.17) is 0 Å². The molecule has 0 spiro atoms. The maximum atomic E-state index is 13.1. The highest BCUT2D eigenvalue weighted by atomic mass is 19.1. The molecule has 1 aromatic rings. The van der Waals surface area contributed by atoms with Gasteiger partial charge in [0.15, 0.2) is 0 Å². The van der Waals surface area contributed by atoms with Crippen molar-refractivity contribution in [2.45, 2.75) is 59.0 Å². The summed E-state index contributed by atoms with van der Waals surface area (Å²) in [5, 5.41) is 3.59. The van der Waals surface area contributed by atoms with E-state index in [-0.39, 0.29) is 5.82 Å². The van der Waals surface area contributed by atoms with Crippen LogP contribution >= 0.6 is 0 Å². The van der Waals surface area contributed by atoms with Gasteiger partial charge in [-0.15, -0.1) is 0 Å². The lowest BCUT2D eigenvalue weighted by atomic mass is 9.99. The van der Waals surface area contributed by atoms with Crippen molar-refractivity contribution >= 4 is 0 Å². The van der Waals surface area contributed by atoms with Gasteiger partial charge in [-0.1, -0.05) is 32.4 Å². The lowest BCUT2D eigenvalue weighted by Crippen LogP contribution is -2.36. The molecule has 0 heterocycles. The minimum Gasteiger partial charge on any atom is -0.311 e. The van der Waals surface area contributed by atoms with Crippen molar-refractivity contribution in [3.05, 3.63) is 35.6 Å². The second-order valence-electron chi connectivity index (χ2n) is 5.55. The molecule has 1 aromatic carbocycles. The quantitative estimate of drug-likeness (QED) is 0.767. The van der Waals surface area contributed by atoms with Crippen molar-refractivity contribution in [3.63, 3.8) is 0 Å². The van der Waals surface area contributed by atoms with E-state index in [1.807, 2.05) is 6.07 Å². The van der Waals surface area contributed by atoms with Crippen molar-refractivity contribution in [1.82, 2.24) is 5.32 Å². The Morgan fingerprint density at radius 3 is 2.50 bits per heavy atom. The number of rotatable bonds is 7. The van der Waals surface area contributed by atoms with Gasteiger partial charge < -0.3 is 5.32 Å². The minimum absolute atomic E-state index is 0.146. The molecular formula is C16H26FN. The molecule has 1 nitrogen and oxygen atoms in total. The Labute approximate surface area is 111 Å². The predicted molar refractivity (Wildman–Crippen MR) is 76.2 cm³/mol. The fourth-order valence-electron chi connectivity index (χ4n) is 2.40. The zero-order valence-electron chi connectivity index (χ0n) is 12.0. The maximum absolute atomic E-state index is 13.1. The standard InChI is InChI=1S/C16H26FN/c1-5-12(2)9-13(3)18-14(4)10-15-7-6-8-16(17)11-15/h6-8,11-14,18H,5,9-10H2,1-4H3. The van der Waals surface area contributed by atoms with Gasteiger partial charge in [-0.3, -0.25) is 0 Å². The molecule has 0 aromatic heterocycles. The van der Waals surface area contributed by atoms with Crippen LogP contribution in [0.4, 0.5) is 4.39 Å². The van der Waals surface area contributed by atoms with Gasteiger partial charge in [-0.05, 0) is 50.3 Å². The van der Waals surface area contributed by atoms with E-state index in [1.54, 1.807) is 12.1 Å². The van der Waals surface area contributed by atoms with E-state index in [0.717, 1.165) is 17.9 Å². The normalized spacial score (nSPS) is 16.3. The van der Waals surface area contributed by atoms with Crippen molar-refractivity contribution in [3.8, 4) is 0 Å². The Balaban J connectivity index is 2.39. The fraction of sp³-hybridized carbons (Fsp3) is 0.625. The zero-order valence-corrected chi connectivity index (χ0v) is 12.0. The Morgan fingerprint density at radius 1 is 1.17 bits per heavy atom. The maximum Gasteiger partial charge on any atom is 0.123 e. The molecule has 0 aliphatic rings. The van der Waals surface area contributed by atoms with E-state index >= 15 is 0 Å². The van der Waals surface area contributed by atoms with Crippen LogP contribution < -0.4 is 5.32 Å². The van der Waals surface area contributed by atoms with Crippen molar-refractivity contribution in [2.24, 2.45) is 5.92 Å². The largest absolute Gasteiger partial charge is 0.311 e. The molecule has 0 saturated carbocycles. The average molecular weight is 251 g/mol. The van der Waals surface area contributed by atoms with Crippen LogP contribution in [0.1, 0.15) is 46.1 Å². The van der Waals surface area contributed by atoms with Crippen molar-refractivity contribution in [2.75, 3.05) is 0 Å². The van der Waals surface area contributed by atoms with Crippen LogP contribution in [0.5, 0.6) is 0 Å². The van der Waals surface area contributed by atoms with Crippen LogP contribution in [0.25, 0.3) is 0 Å². The SMILES string of the molecule is CCC(C)CC(C)NC(C)Cc1cccc(F)c1. The molecule has 0 aliphatic carbocycles. The summed E-state index contributed by atoms with van der Waals surface area (Å²) >= 11 is 0. The van der Waals surface area contributed by atoms with Gasteiger partial charge in [0.25, 0.3) is 0 Å². The van der Waals surface area contributed by atoms with Gasteiger partial charge in [0, 0.05) is 12.1 Å². The van der Waals surface area contributed by atoms with Gasteiger partial charge in [0.1, 0.15) is 5.82 Å². The number of halogens is 1. The molecule has 0 aliphatic heterocycles. The first kappa shape index (κ1) is 15.2. The summed E-state index contributed by atoms with van der Waals surface area (Å²) in [7, 11) is 0. The highest BCUT2D eigenvalue weighted by Crippen LogP contribution is 2.11. The third-order valence-corrected chi connectivity index (χ3v) is 3.45. The Morgan fingerprint density at radius 2 is 1.89 bits per heavy atom. The molecule has 0 bridgehead atoms. The van der Waals surface area contributed by atoms with Crippen molar-refractivity contribution in [1.29, 1.82) is 0 Å². The number of hydrogen-bond donors (Lipinski definition) is 1. The van der Waals surface area contributed by atoms with Crippen molar-refractivity contribution < 1.29 is 4.39 Å². The Bertz CT molecular complexity index is 351. The Hall–Kier alpha value is -0.890. The van der Waals surface area contributed by atoms with E-state index in [0.29, 0.717) is 12.1 Å². The lowest BCUT2D eigenvalue weighted by molar-refractivity contribution is 0.380. The molecule has 2 heteroatoms. The first-order valence-electron chi connectivity index (χ1n) is 7.01. The van der Waals surface area contributed by atoms with Crippen LogP contribution in [0.3, 0.4) is 0 Å². The monoisotopic (exact) mass is 251 g/mol. The van der Waals surface area contributed by atoms with Crippen LogP contribution in [0.2, 0.25) is 0 Å². The molecule has 0 amide bonds. The summed E-state index contributed by atoms with van der Waals surface area (Å²) < 4.78 is 13.1. The number of benzene rings is 1. The third kappa shape index (κ3) is 5.63. The molecule has 102 valence electrons. The summed E-state index contributed by atoms with van der Waals surface area (Å²) in [6, 6.07) is 7.78. The van der Waals surface area contributed by atoms with E-state index in [9.17, 15) is 4.39 Å². The van der Waals surface area contributed by atoms with Gasteiger partial charge in [0.05, 0.1) is 0 Å². The molecule has 3 atom stereocenters. The summed E-state index contributed by atoms with van der Waals surface area (Å²) in [6.45, 7) is 8.91. The molecule has 3 unspecified atom stereocenters. The molecule has 0 saturated heterocycles. The molecular weight excluding hydrogens is 225 g/mol. The van der Waals surface area contributed by atoms with E-state index in [2.05, 4.69) is 33.0 Å². The predicted octanol–water partition coefficient (Wildman–Crippen LogP) is 4.17. The fourth-order valence-corrected chi connectivity index (χ4v) is 2.40. The summed E-state index contributed by atoms with van der Waals surface area (Å²) in [4.78, 5) is 0. The number of nitrogens with one attached hydrogen (secondary N) is 1. The van der Waals surface area contributed by atoms with E-state index < -0.39 is 0 Å². The average Bonchev–Trinajstić information content (AvgIpc) is 2.28. The molecule has 0 fully saturated rings. The third-order valence-electron chi connectivity index (χ3n) is 3.45. The molecule has 1 rings (SSSR count). The van der Waals surface area contributed by atoms with E-state index in [1.165, 1.54) is 18.9 Å². The van der Waals surface area contributed by atoms with Crippen LogP contribution in [-0.4, -0.2) is 12.1 Å². The first-order valence-corrected chi connectivity index (χ1v) is 7.01. The van der Waals surface area contributed by atoms with Gasteiger partial charge in [-0.2, -0.15) is 0 Å². The Kier molecular flexibility index (Phi) is 6.34. The highest BCUT2D eigenvalue weighted by molar-refractivity contribution is 5.17. The highest BCUT2D eigenvalue weighted by Gasteiger charge is 2.11. The number of hydrogen-bond acceptors (Lipinski definition) is 1. The van der Waals surface area contributed by atoms with Gasteiger partial charge >= 0.3 is 0 Å². The van der Waals surface area contributed by atoms with Gasteiger partial charge in [-0.25, -0.2) is 4.39 Å². The summed E-state index contributed by atoms with van der Waals surface area (Å²) in [5.41, 5.74) is 1.06. The molecule has 1 N–H and O–H groups in total. The lowest BCUT2D eigenvalue weighted by Gasteiger charge is -2.22.